The van der Waals surface area contributed by atoms with E-state index in [0.29, 0.717) is 0 Å². The molecule has 0 atom stereocenters. The summed E-state index contributed by atoms with van der Waals surface area (Å²) in [5, 5.41) is 5.10. The van der Waals surface area contributed by atoms with Gasteiger partial charge in [-0.25, -0.2) is 16.8 Å². The molecule has 1 saturated heterocycles. The van der Waals surface area contributed by atoms with Gasteiger partial charge in [0.1, 0.15) is 0 Å². The minimum Gasteiger partial charge on any atom is -0.354 e. The van der Waals surface area contributed by atoms with E-state index in [2.05, 4.69) is 10.6 Å². The van der Waals surface area contributed by atoms with Crippen LogP contribution in [0.25, 0.3) is 0 Å². The van der Waals surface area contributed by atoms with E-state index in [-0.39, 0.29) is 46.4 Å². The monoisotopic (exact) mass is 451 g/mol. The van der Waals surface area contributed by atoms with Crippen molar-refractivity contribution >= 4 is 37.4 Å². The quantitative estimate of drug-likeness (QED) is 0.670. The van der Waals surface area contributed by atoms with Gasteiger partial charge in [-0.1, -0.05) is 25.1 Å². The Morgan fingerprint density at radius 3 is 2.53 bits per heavy atom. The molecule has 1 heterocycles. The molecule has 1 aliphatic heterocycles. The van der Waals surface area contributed by atoms with Gasteiger partial charge in [-0.15, -0.1) is 0 Å². The molecule has 1 aliphatic rings. The SMILES string of the molecule is CCS(=O)(=O)c1ccccc1NC(=O)c1cccc(S(=O)(=O)N2CCNC(=O)C2)c1. The van der Waals surface area contributed by atoms with Gasteiger partial charge < -0.3 is 10.6 Å². The summed E-state index contributed by atoms with van der Waals surface area (Å²) in [4.78, 5) is 24.1. The number of sulfone groups is 1. The number of piperazine rings is 1. The molecule has 2 N–H and O–H groups in total. The summed E-state index contributed by atoms with van der Waals surface area (Å²) < 4.78 is 51.2. The fraction of sp³-hybridized carbons (Fsp3) is 0.263. The molecule has 2 amide bonds. The van der Waals surface area contributed by atoms with Crippen LogP contribution in [0.5, 0.6) is 0 Å². The van der Waals surface area contributed by atoms with Crippen LogP contribution in [0.2, 0.25) is 0 Å². The molecule has 0 aromatic heterocycles. The predicted molar refractivity (Wildman–Crippen MR) is 110 cm³/mol. The molecular formula is C19H21N3O6S2. The first-order chi connectivity index (χ1) is 14.1. The van der Waals surface area contributed by atoms with Crippen molar-refractivity contribution in [1.82, 2.24) is 9.62 Å². The van der Waals surface area contributed by atoms with Crippen molar-refractivity contribution in [3.05, 3.63) is 54.1 Å². The Balaban J connectivity index is 1.89. The van der Waals surface area contributed by atoms with Crippen LogP contribution >= 0.6 is 0 Å². The summed E-state index contributed by atoms with van der Waals surface area (Å²) in [6.07, 6.45) is 0. The molecule has 0 aliphatic carbocycles. The molecule has 0 saturated carbocycles. The molecule has 0 spiro atoms. The Morgan fingerprint density at radius 1 is 1.10 bits per heavy atom. The Labute approximate surface area is 175 Å². The van der Waals surface area contributed by atoms with Crippen LogP contribution in [0.15, 0.2) is 58.3 Å². The molecule has 30 heavy (non-hydrogen) atoms. The van der Waals surface area contributed by atoms with E-state index < -0.39 is 31.7 Å². The number of nitrogens with one attached hydrogen (secondary N) is 2. The van der Waals surface area contributed by atoms with Crippen LogP contribution in [0.3, 0.4) is 0 Å². The van der Waals surface area contributed by atoms with Gasteiger partial charge in [-0.05, 0) is 30.3 Å². The maximum Gasteiger partial charge on any atom is 0.255 e. The van der Waals surface area contributed by atoms with Crippen LogP contribution < -0.4 is 10.6 Å². The highest BCUT2D eigenvalue weighted by Crippen LogP contribution is 2.23. The molecule has 2 aromatic rings. The zero-order chi connectivity index (χ0) is 21.9. The van der Waals surface area contributed by atoms with E-state index in [4.69, 9.17) is 0 Å². The van der Waals surface area contributed by atoms with Gasteiger partial charge in [0.05, 0.1) is 27.8 Å². The molecule has 2 aromatic carbocycles. The largest absolute Gasteiger partial charge is 0.354 e. The second-order valence-corrected chi connectivity index (χ2v) is 10.8. The van der Waals surface area contributed by atoms with Crippen LogP contribution in [0.1, 0.15) is 17.3 Å². The number of sulfonamides is 1. The summed E-state index contributed by atoms with van der Waals surface area (Å²) >= 11 is 0. The fourth-order valence-electron chi connectivity index (χ4n) is 2.96. The Hall–Kier alpha value is -2.76. The van der Waals surface area contributed by atoms with Gasteiger partial charge in [0.15, 0.2) is 9.84 Å². The lowest BCUT2D eigenvalue weighted by Crippen LogP contribution is -2.49. The lowest BCUT2D eigenvalue weighted by atomic mass is 10.2. The molecule has 0 radical (unpaired) electrons. The Kier molecular flexibility index (Phi) is 6.25. The molecule has 0 unspecified atom stereocenters. The number of carbonyl (C=O) groups is 2. The smallest absolute Gasteiger partial charge is 0.255 e. The number of nitrogens with zero attached hydrogens (tertiary/aromatic N) is 1. The van der Waals surface area contributed by atoms with Crippen molar-refractivity contribution in [2.45, 2.75) is 16.7 Å². The number of amides is 2. The number of rotatable bonds is 6. The highest BCUT2D eigenvalue weighted by Gasteiger charge is 2.29. The van der Waals surface area contributed by atoms with Crippen molar-refractivity contribution in [3.63, 3.8) is 0 Å². The van der Waals surface area contributed by atoms with Gasteiger partial charge >= 0.3 is 0 Å². The maximum absolute atomic E-state index is 12.8. The lowest BCUT2D eigenvalue weighted by Gasteiger charge is -2.26. The zero-order valence-electron chi connectivity index (χ0n) is 16.2. The van der Waals surface area contributed by atoms with E-state index in [0.717, 1.165) is 4.31 Å². The molecule has 0 bridgehead atoms. The molecule has 3 rings (SSSR count). The second-order valence-electron chi connectivity index (χ2n) is 6.57. The van der Waals surface area contributed by atoms with Gasteiger partial charge in [0.2, 0.25) is 15.9 Å². The first-order valence-electron chi connectivity index (χ1n) is 9.15. The highest BCUT2D eigenvalue weighted by molar-refractivity contribution is 7.91. The predicted octanol–water partition coefficient (Wildman–Crippen LogP) is 0.853. The molecule has 11 heteroatoms. The summed E-state index contributed by atoms with van der Waals surface area (Å²) in [7, 11) is -7.53. The van der Waals surface area contributed by atoms with Crippen LogP contribution in [-0.2, 0) is 24.7 Å². The zero-order valence-corrected chi connectivity index (χ0v) is 17.8. The number of anilines is 1. The average molecular weight is 452 g/mol. The summed E-state index contributed by atoms with van der Waals surface area (Å²) in [5.41, 5.74) is 0.159. The van der Waals surface area contributed by atoms with Crippen molar-refractivity contribution in [1.29, 1.82) is 0 Å². The van der Waals surface area contributed by atoms with E-state index in [1.807, 2.05) is 0 Å². The van der Waals surface area contributed by atoms with Crippen molar-refractivity contribution in [3.8, 4) is 0 Å². The van der Waals surface area contributed by atoms with E-state index >= 15 is 0 Å². The number of carbonyl (C=O) groups excluding carboxylic acids is 2. The van der Waals surface area contributed by atoms with E-state index in [1.54, 1.807) is 12.1 Å². The number of hydrogen-bond donors (Lipinski definition) is 2. The Bertz CT molecular complexity index is 1190. The Morgan fingerprint density at radius 2 is 1.83 bits per heavy atom. The second kappa shape index (κ2) is 8.54. The third kappa shape index (κ3) is 4.53. The van der Waals surface area contributed by atoms with Crippen molar-refractivity contribution in [2.75, 3.05) is 30.7 Å². The average Bonchev–Trinajstić information content (AvgIpc) is 2.74. The molecular weight excluding hydrogens is 430 g/mol. The van der Waals surface area contributed by atoms with Gasteiger partial charge in [0, 0.05) is 18.7 Å². The summed E-state index contributed by atoms with van der Waals surface area (Å²) in [6, 6.07) is 11.4. The van der Waals surface area contributed by atoms with Crippen molar-refractivity contribution < 1.29 is 26.4 Å². The van der Waals surface area contributed by atoms with E-state index in [1.165, 1.54) is 43.3 Å². The number of benzene rings is 2. The summed E-state index contributed by atoms with van der Waals surface area (Å²) in [6.45, 7) is 1.55. The molecule has 9 nitrogen and oxygen atoms in total. The van der Waals surface area contributed by atoms with Gasteiger partial charge in [-0.3, -0.25) is 9.59 Å². The van der Waals surface area contributed by atoms with Crippen LogP contribution in [-0.4, -0.2) is 58.3 Å². The van der Waals surface area contributed by atoms with Crippen molar-refractivity contribution in [2.24, 2.45) is 0 Å². The third-order valence-electron chi connectivity index (χ3n) is 4.59. The third-order valence-corrected chi connectivity index (χ3v) is 8.22. The highest BCUT2D eigenvalue weighted by atomic mass is 32.2. The topological polar surface area (TPSA) is 130 Å². The number of hydrogen-bond acceptors (Lipinski definition) is 6. The standard InChI is InChI=1S/C19H21N3O6S2/c1-2-29(25,26)17-9-4-3-8-16(17)21-19(24)14-6-5-7-15(12-14)30(27,28)22-11-10-20-18(23)13-22/h3-9,12H,2,10-11,13H2,1H3,(H,20,23)(H,21,24). The minimum absolute atomic E-state index is 0.0102. The maximum atomic E-state index is 12.8. The molecule has 1 fully saturated rings. The fourth-order valence-corrected chi connectivity index (χ4v) is 5.45. The summed E-state index contributed by atoms with van der Waals surface area (Å²) in [5.74, 6) is -1.17. The lowest BCUT2D eigenvalue weighted by molar-refractivity contribution is -0.122. The van der Waals surface area contributed by atoms with Crippen LogP contribution in [0, 0.1) is 0 Å². The normalized spacial score (nSPS) is 15.4. The number of para-hydroxylation sites is 1. The molecule has 160 valence electrons. The first kappa shape index (κ1) is 21.9. The first-order valence-corrected chi connectivity index (χ1v) is 12.2. The minimum atomic E-state index is -3.96. The van der Waals surface area contributed by atoms with Crippen LogP contribution in [0.4, 0.5) is 5.69 Å². The van der Waals surface area contributed by atoms with Gasteiger partial charge in [-0.2, -0.15) is 4.31 Å². The van der Waals surface area contributed by atoms with Gasteiger partial charge in [0.25, 0.3) is 5.91 Å². The van der Waals surface area contributed by atoms with E-state index in [9.17, 15) is 26.4 Å².